The van der Waals surface area contributed by atoms with Gasteiger partial charge < -0.3 is 34.4 Å². The summed E-state index contributed by atoms with van der Waals surface area (Å²) in [4.78, 5) is 61.8. The lowest BCUT2D eigenvalue weighted by molar-refractivity contribution is -0.136. The number of halogens is 1. The summed E-state index contributed by atoms with van der Waals surface area (Å²) < 4.78 is 36.4. The van der Waals surface area contributed by atoms with Crippen LogP contribution in [0.2, 0.25) is 0 Å². The number of carbonyl (C=O) groups is 3. The number of hydrogen-bond acceptors (Lipinski definition) is 9. The van der Waals surface area contributed by atoms with Crippen molar-refractivity contribution in [3.05, 3.63) is 88.1 Å². The Bertz CT molecular complexity index is 2870. The number of rotatable bonds is 9. The number of nitrogens with zero attached hydrogens (tertiary/aromatic N) is 5. The predicted octanol–water partition coefficient (Wildman–Crippen LogP) is 10.2. The van der Waals surface area contributed by atoms with Gasteiger partial charge in [-0.25, -0.2) is 23.9 Å². The Labute approximate surface area is 379 Å². The first-order chi connectivity index (χ1) is 31.2. The Morgan fingerprint density at radius 1 is 0.923 bits per heavy atom. The number of fused-ring (bicyclic) bond motifs is 6. The molecule has 14 nitrogen and oxygen atoms in total. The number of imidazole rings is 2. The third-order valence-electron chi connectivity index (χ3n) is 13.6. The molecule has 1 unspecified atom stereocenters. The first-order valence-electron chi connectivity index (χ1n) is 22.7. The molecule has 0 radical (unpaired) electrons. The summed E-state index contributed by atoms with van der Waals surface area (Å²) in [6.07, 6.45) is 7.63. The lowest BCUT2D eigenvalue weighted by atomic mass is 10.0. The highest BCUT2D eigenvalue weighted by Crippen LogP contribution is 2.54. The zero-order chi connectivity index (χ0) is 45.1. The van der Waals surface area contributed by atoms with E-state index in [-0.39, 0.29) is 36.0 Å². The first kappa shape index (κ1) is 41.5. The number of H-pyrrole nitrogens is 2. The van der Waals surface area contributed by atoms with Crippen molar-refractivity contribution in [1.29, 1.82) is 0 Å². The number of aromatic amines is 2. The van der Waals surface area contributed by atoms with E-state index in [2.05, 4.69) is 49.1 Å². The number of piperidine rings is 1. The van der Waals surface area contributed by atoms with Gasteiger partial charge in [-0.3, -0.25) is 14.3 Å². The minimum Gasteiger partial charge on any atom is -0.464 e. The topological polar surface area (TPSA) is 160 Å². The smallest absolute Gasteiger partial charge is 0.410 e. The van der Waals surface area contributed by atoms with Crippen molar-refractivity contribution < 1.29 is 33.0 Å². The highest BCUT2D eigenvalue weighted by Gasteiger charge is 2.56. The highest BCUT2D eigenvalue weighted by atomic mass is 32.1. The molecular weight excluding hydrogens is 848 g/mol. The third kappa shape index (κ3) is 7.43. The highest BCUT2D eigenvalue weighted by molar-refractivity contribution is 7.12. The molecule has 6 aromatic rings. The van der Waals surface area contributed by atoms with Crippen LogP contribution in [-0.4, -0.2) is 83.7 Å². The summed E-state index contributed by atoms with van der Waals surface area (Å²) in [5.41, 5.74) is 4.28. The Balaban J connectivity index is 0.920. The molecule has 11 rings (SSSR count). The summed E-state index contributed by atoms with van der Waals surface area (Å²) in [6, 6.07) is 14.8. The Morgan fingerprint density at radius 2 is 1.66 bits per heavy atom. The summed E-state index contributed by atoms with van der Waals surface area (Å²) in [5.74, 6) is 2.05. The minimum atomic E-state index is -0.718. The van der Waals surface area contributed by atoms with E-state index in [0.717, 1.165) is 52.7 Å². The van der Waals surface area contributed by atoms with Gasteiger partial charge in [0.05, 0.1) is 64.6 Å². The maximum absolute atomic E-state index is 16.8. The van der Waals surface area contributed by atoms with Crippen LogP contribution in [-0.2, 0) is 14.3 Å². The van der Waals surface area contributed by atoms with Crippen molar-refractivity contribution in [3.8, 4) is 39.5 Å². The molecule has 338 valence electrons. The fourth-order valence-electron chi connectivity index (χ4n) is 10.1. The number of carbonyl (C=O) groups excluding carboxylic acids is 3. The summed E-state index contributed by atoms with van der Waals surface area (Å²) in [7, 11) is 1.30. The van der Waals surface area contributed by atoms with E-state index in [0.29, 0.717) is 58.3 Å². The maximum Gasteiger partial charge on any atom is 0.410 e. The van der Waals surface area contributed by atoms with Crippen LogP contribution < -0.4 is 10.1 Å². The number of benzene rings is 2. The van der Waals surface area contributed by atoms with E-state index in [4.69, 9.17) is 19.2 Å². The molecule has 2 saturated carbocycles. The van der Waals surface area contributed by atoms with Gasteiger partial charge in [-0.1, -0.05) is 19.9 Å². The molecule has 16 heteroatoms. The molecule has 3 amide bonds. The largest absolute Gasteiger partial charge is 0.464 e. The molecule has 3 N–H and O–H groups in total. The number of thiophene rings is 1. The normalized spacial score (nSPS) is 22.7. The molecule has 4 fully saturated rings. The number of alkyl carbamates (subject to hydrolysis) is 1. The van der Waals surface area contributed by atoms with Crippen molar-refractivity contribution in [2.24, 2.45) is 11.8 Å². The second-order valence-corrected chi connectivity index (χ2v) is 20.7. The van der Waals surface area contributed by atoms with Gasteiger partial charge in [-0.2, -0.15) is 0 Å². The fourth-order valence-corrected chi connectivity index (χ4v) is 11.3. The van der Waals surface area contributed by atoms with Gasteiger partial charge in [-0.05, 0) is 120 Å². The standard InChI is InChI=1S/C49H53FN8O6S/c1-24(2)42(55-47(60)62-6)45(59)57-35-18-29(35)20-37(57)44-52-22-31(53-44)26-11-12-33-28(16-26)19-36-41-30(50)17-27(21-38(41)63-46(58(33)36)40-14-13-39(65-40)25-9-10-25)32-23-51-43(54-32)34-8-7-15-56(34)48(61)64-49(3,4)5/h11-14,16-17,19,21-25,29,34-35,37,42,46H,7-10,15,18,20H2,1-6H3,(H,51,54)(H,52,53)(H,55,60)/t29-,34+,35-,37+,42+,46?/m1/s1. The van der Waals surface area contributed by atoms with Crippen molar-refractivity contribution in [3.63, 3.8) is 0 Å². The van der Waals surface area contributed by atoms with Crippen molar-refractivity contribution in [1.82, 2.24) is 39.6 Å². The van der Waals surface area contributed by atoms with Crippen LogP contribution >= 0.6 is 11.3 Å². The van der Waals surface area contributed by atoms with E-state index in [1.807, 2.05) is 63.9 Å². The van der Waals surface area contributed by atoms with Gasteiger partial charge >= 0.3 is 12.2 Å². The van der Waals surface area contributed by atoms with Gasteiger partial charge in [0.15, 0.2) is 0 Å². The monoisotopic (exact) mass is 900 g/mol. The van der Waals surface area contributed by atoms with Crippen LogP contribution in [0.25, 0.3) is 44.7 Å². The lowest BCUT2D eigenvalue weighted by Gasteiger charge is -2.31. The van der Waals surface area contributed by atoms with Gasteiger partial charge in [-0.15, -0.1) is 11.3 Å². The molecule has 6 atom stereocenters. The van der Waals surface area contributed by atoms with Gasteiger partial charge in [0.2, 0.25) is 12.1 Å². The first-order valence-corrected chi connectivity index (χ1v) is 23.6. The maximum atomic E-state index is 16.8. The molecular formula is C49H53FN8O6S. The van der Waals surface area contributed by atoms with E-state index in [1.165, 1.54) is 30.9 Å². The average Bonchev–Trinajstić information content (AvgIpc) is 3.75. The molecule has 65 heavy (non-hydrogen) atoms. The van der Waals surface area contributed by atoms with Crippen molar-refractivity contribution in [2.75, 3.05) is 13.7 Å². The van der Waals surface area contributed by atoms with Crippen LogP contribution in [0.3, 0.4) is 0 Å². The summed E-state index contributed by atoms with van der Waals surface area (Å²) in [6.45, 7) is 9.96. The van der Waals surface area contributed by atoms with Gasteiger partial charge in [0, 0.05) is 34.0 Å². The zero-order valence-corrected chi connectivity index (χ0v) is 38.1. The van der Waals surface area contributed by atoms with Crippen LogP contribution in [0.4, 0.5) is 14.0 Å². The Hall–Kier alpha value is -6.16. The van der Waals surface area contributed by atoms with Crippen LogP contribution in [0.15, 0.2) is 60.9 Å². The zero-order valence-electron chi connectivity index (χ0n) is 37.3. The molecule has 4 aromatic heterocycles. The number of likely N-dealkylation sites (tertiary alicyclic amines) is 2. The minimum absolute atomic E-state index is 0.120. The number of ether oxygens (including phenoxy) is 3. The number of amides is 3. The van der Waals surface area contributed by atoms with E-state index in [9.17, 15) is 14.4 Å². The van der Waals surface area contributed by atoms with E-state index in [1.54, 1.807) is 22.4 Å². The van der Waals surface area contributed by atoms with Crippen LogP contribution in [0.5, 0.6) is 5.75 Å². The van der Waals surface area contributed by atoms with E-state index >= 15 is 4.39 Å². The second-order valence-electron chi connectivity index (χ2n) is 19.6. The molecule has 0 bridgehead atoms. The molecule has 5 aliphatic rings. The molecule has 2 aromatic carbocycles. The van der Waals surface area contributed by atoms with Crippen molar-refractivity contribution >= 4 is 40.3 Å². The third-order valence-corrected chi connectivity index (χ3v) is 14.8. The average molecular weight is 901 g/mol. The van der Waals surface area contributed by atoms with Crippen LogP contribution in [0.1, 0.15) is 119 Å². The molecule has 7 heterocycles. The summed E-state index contributed by atoms with van der Waals surface area (Å²) >= 11 is 1.75. The van der Waals surface area contributed by atoms with Crippen molar-refractivity contribution in [2.45, 2.75) is 115 Å². The number of aromatic nitrogens is 5. The molecule has 2 aliphatic carbocycles. The van der Waals surface area contributed by atoms with Gasteiger partial charge in [0.1, 0.15) is 34.9 Å². The second kappa shape index (κ2) is 15.5. The summed E-state index contributed by atoms with van der Waals surface area (Å²) in [5, 5.41) is 3.66. The predicted molar refractivity (Wildman–Crippen MR) is 243 cm³/mol. The SMILES string of the molecule is COC(=O)N[C@H](C(=O)N1[C@@H]2C[C@@H]2C[C@H]1c1ncc(-c2ccc3c(c2)cc2n3C(c3ccc(C4CC4)s3)Oc3cc(-c4cnc([C@@H]5CCCN5C(=O)OC(C)(C)C)[nH]4)cc(F)c3-2)[nH]1)C(C)C. The Morgan fingerprint density at radius 3 is 2.38 bits per heavy atom. The fraction of sp³-hybridized carbons (Fsp3) is 0.449. The lowest BCUT2D eigenvalue weighted by Crippen LogP contribution is -2.52. The number of methoxy groups -OCH3 is 1. The van der Waals surface area contributed by atoms with Gasteiger partial charge in [0.25, 0.3) is 0 Å². The number of nitrogens with one attached hydrogen (secondary N) is 3. The number of hydrogen-bond donors (Lipinski definition) is 3. The Kier molecular flexibility index (Phi) is 9.90. The molecule has 2 saturated heterocycles. The van der Waals surface area contributed by atoms with Crippen LogP contribution in [0, 0.1) is 17.7 Å². The molecule has 3 aliphatic heterocycles. The van der Waals surface area contributed by atoms with E-state index < -0.39 is 29.8 Å². The molecule has 0 spiro atoms. The quantitative estimate of drug-likeness (QED) is 0.129.